The molecule has 4 atom stereocenters. The Bertz CT molecular complexity index is 1100. The number of fused-ring (bicyclic) bond motifs is 1. The van der Waals surface area contributed by atoms with E-state index in [1.807, 2.05) is 12.2 Å². The van der Waals surface area contributed by atoms with Gasteiger partial charge in [0, 0.05) is 18.4 Å². The van der Waals surface area contributed by atoms with Crippen LogP contribution in [0.25, 0.3) is 0 Å². The van der Waals surface area contributed by atoms with Crippen LogP contribution in [0.3, 0.4) is 0 Å². The lowest BCUT2D eigenvalue weighted by molar-refractivity contribution is -0.237. The fourth-order valence-electron chi connectivity index (χ4n) is 4.99. The fraction of sp³-hybridized carbons (Fsp3) is 0.576. The third-order valence-corrected chi connectivity index (χ3v) is 7.36. The van der Waals surface area contributed by atoms with Crippen molar-refractivity contribution in [2.24, 2.45) is 0 Å². The molecule has 2 fully saturated rings. The van der Waals surface area contributed by atoms with Crippen molar-refractivity contribution >= 4 is 23.5 Å². The number of hydrogen-bond donors (Lipinski definition) is 0. The SMILES string of the molecule is C=CCCCCCC(=O)CC(=O)OC[C@@]12OC[C@@H](OC(=O)CC(=O)CCCCCC=C)[C@@H]1OC(c1ccc(OC)cc1)O2. The van der Waals surface area contributed by atoms with E-state index in [-0.39, 0.29) is 37.6 Å². The van der Waals surface area contributed by atoms with E-state index in [1.165, 1.54) is 0 Å². The molecule has 2 aliphatic rings. The number of hydrogen-bond acceptors (Lipinski definition) is 10. The zero-order chi connectivity index (χ0) is 31.1. The van der Waals surface area contributed by atoms with Crippen LogP contribution in [0.15, 0.2) is 49.6 Å². The number of unbranched alkanes of at least 4 members (excludes halogenated alkanes) is 6. The first-order valence-electron chi connectivity index (χ1n) is 15.0. The number of ketones is 2. The summed E-state index contributed by atoms with van der Waals surface area (Å²) in [6.07, 6.45) is 7.63. The number of carbonyl (C=O) groups is 4. The number of allylic oxidation sites excluding steroid dienone is 2. The highest BCUT2D eigenvalue weighted by Gasteiger charge is 2.61. The minimum Gasteiger partial charge on any atom is -0.497 e. The summed E-state index contributed by atoms with van der Waals surface area (Å²) < 4.78 is 34.5. The maximum Gasteiger partial charge on any atom is 0.313 e. The maximum absolute atomic E-state index is 12.6. The van der Waals surface area contributed by atoms with E-state index in [9.17, 15) is 19.2 Å². The second kappa shape index (κ2) is 17.7. The molecule has 2 heterocycles. The Hall–Kier alpha value is -3.34. The summed E-state index contributed by atoms with van der Waals surface area (Å²) in [4.78, 5) is 49.7. The molecule has 0 aromatic heterocycles. The summed E-state index contributed by atoms with van der Waals surface area (Å²) in [6.45, 7) is 6.92. The molecule has 0 aliphatic carbocycles. The molecule has 0 radical (unpaired) electrons. The van der Waals surface area contributed by atoms with Crippen LogP contribution in [-0.2, 0) is 42.9 Å². The second-order valence-electron chi connectivity index (χ2n) is 10.8. The van der Waals surface area contributed by atoms with Crippen molar-refractivity contribution in [1.82, 2.24) is 0 Å². The fourth-order valence-corrected chi connectivity index (χ4v) is 4.99. The van der Waals surface area contributed by atoms with Gasteiger partial charge >= 0.3 is 11.9 Å². The number of Topliss-reactive ketones (excluding diaryl/α,β-unsaturated/α-hetero) is 2. The first-order chi connectivity index (χ1) is 20.8. The monoisotopic (exact) mass is 600 g/mol. The molecule has 2 saturated heterocycles. The lowest BCUT2D eigenvalue weighted by atomic mass is 10.1. The van der Waals surface area contributed by atoms with Crippen LogP contribution in [0.4, 0.5) is 0 Å². The van der Waals surface area contributed by atoms with Gasteiger partial charge in [0.15, 0.2) is 18.5 Å². The van der Waals surface area contributed by atoms with Crippen molar-refractivity contribution in [2.45, 2.75) is 101 Å². The highest BCUT2D eigenvalue weighted by Crippen LogP contribution is 2.45. The van der Waals surface area contributed by atoms with Crippen molar-refractivity contribution < 1.29 is 47.6 Å². The van der Waals surface area contributed by atoms with E-state index in [4.69, 9.17) is 28.4 Å². The van der Waals surface area contributed by atoms with Crippen molar-refractivity contribution in [1.29, 1.82) is 0 Å². The van der Waals surface area contributed by atoms with Gasteiger partial charge in [-0.15, -0.1) is 13.2 Å². The van der Waals surface area contributed by atoms with Crippen molar-refractivity contribution in [3.8, 4) is 5.75 Å². The molecule has 3 rings (SSSR count). The number of ether oxygens (including phenoxy) is 6. The second-order valence-corrected chi connectivity index (χ2v) is 10.8. The van der Waals surface area contributed by atoms with E-state index >= 15 is 0 Å². The van der Waals surface area contributed by atoms with Gasteiger partial charge in [0.25, 0.3) is 0 Å². The highest BCUT2D eigenvalue weighted by atomic mass is 16.9. The molecule has 0 bridgehead atoms. The number of esters is 2. The zero-order valence-electron chi connectivity index (χ0n) is 25.1. The zero-order valence-corrected chi connectivity index (χ0v) is 25.1. The maximum atomic E-state index is 12.6. The predicted molar refractivity (Wildman–Crippen MR) is 157 cm³/mol. The molecular weight excluding hydrogens is 556 g/mol. The molecule has 1 unspecified atom stereocenters. The van der Waals surface area contributed by atoms with Crippen molar-refractivity contribution in [2.75, 3.05) is 20.3 Å². The van der Waals surface area contributed by atoms with Crippen LogP contribution < -0.4 is 4.74 Å². The summed E-state index contributed by atoms with van der Waals surface area (Å²) in [7, 11) is 1.55. The summed E-state index contributed by atoms with van der Waals surface area (Å²) in [5.74, 6) is -2.72. The molecule has 2 aliphatic heterocycles. The lowest BCUT2D eigenvalue weighted by Crippen LogP contribution is -2.46. The van der Waals surface area contributed by atoms with Crippen LogP contribution in [0.1, 0.15) is 88.9 Å². The Morgan fingerprint density at radius 3 is 2.07 bits per heavy atom. The van der Waals surface area contributed by atoms with E-state index in [1.54, 1.807) is 31.4 Å². The number of carbonyl (C=O) groups excluding carboxylic acids is 4. The van der Waals surface area contributed by atoms with Gasteiger partial charge in [0.2, 0.25) is 5.79 Å². The standard InChI is InChI=1S/C33H44O10/c1-4-6-8-10-12-14-25(34)20-29(36)39-23-33-31(42-32(43-33)24-16-18-27(38-3)19-17-24)28(22-40-33)41-30(37)21-26(35)15-13-11-9-7-5-2/h4-5,16-19,28,31-32H,1-2,6-15,20-23H2,3H3/t28-,31+,32?,33+/m1/s1. The molecule has 1 aromatic carbocycles. The molecule has 1 aromatic rings. The van der Waals surface area contributed by atoms with Gasteiger partial charge in [-0.25, -0.2) is 0 Å². The van der Waals surface area contributed by atoms with Gasteiger partial charge in [0.1, 0.15) is 36.8 Å². The quantitative estimate of drug-likeness (QED) is 0.0775. The van der Waals surface area contributed by atoms with Gasteiger partial charge in [-0.3, -0.25) is 19.2 Å². The summed E-state index contributed by atoms with van der Waals surface area (Å²) in [5, 5.41) is 0. The van der Waals surface area contributed by atoms with Crippen LogP contribution in [0.5, 0.6) is 5.75 Å². The van der Waals surface area contributed by atoms with Crippen molar-refractivity contribution in [3.63, 3.8) is 0 Å². The largest absolute Gasteiger partial charge is 0.497 e. The molecule has 0 N–H and O–H groups in total. The Kier molecular flexibility index (Phi) is 14.1. The average molecular weight is 601 g/mol. The Morgan fingerprint density at radius 2 is 1.49 bits per heavy atom. The molecule has 10 nitrogen and oxygen atoms in total. The Labute approximate surface area is 253 Å². The van der Waals surface area contributed by atoms with Crippen LogP contribution in [0, 0.1) is 0 Å². The molecule has 0 saturated carbocycles. The van der Waals surface area contributed by atoms with Crippen LogP contribution in [0.2, 0.25) is 0 Å². The van der Waals surface area contributed by atoms with Crippen LogP contribution >= 0.6 is 0 Å². The first-order valence-corrected chi connectivity index (χ1v) is 15.0. The van der Waals surface area contributed by atoms with Gasteiger partial charge in [0.05, 0.1) is 13.7 Å². The Morgan fingerprint density at radius 1 is 0.884 bits per heavy atom. The number of methoxy groups -OCH3 is 1. The summed E-state index contributed by atoms with van der Waals surface area (Å²) in [6, 6.07) is 7.00. The third kappa shape index (κ3) is 10.7. The van der Waals surface area contributed by atoms with E-state index in [0.29, 0.717) is 37.0 Å². The van der Waals surface area contributed by atoms with Crippen LogP contribution in [-0.4, -0.2) is 61.8 Å². The molecule has 10 heteroatoms. The summed E-state index contributed by atoms with van der Waals surface area (Å²) in [5.41, 5.74) is 0.646. The molecule has 0 spiro atoms. The highest BCUT2D eigenvalue weighted by molar-refractivity contribution is 5.96. The number of benzene rings is 1. The molecule has 0 amide bonds. The average Bonchev–Trinajstić information content (AvgIpc) is 3.52. The minimum absolute atomic E-state index is 0.0807. The Balaban J connectivity index is 1.58. The van der Waals surface area contributed by atoms with Crippen molar-refractivity contribution in [3.05, 3.63) is 55.1 Å². The van der Waals surface area contributed by atoms with E-state index < -0.39 is 36.2 Å². The minimum atomic E-state index is -1.56. The molecule has 43 heavy (non-hydrogen) atoms. The summed E-state index contributed by atoms with van der Waals surface area (Å²) >= 11 is 0. The smallest absolute Gasteiger partial charge is 0.313 e. The lowest BCUT2D eigenvalue weighted by Gasteiger charge is -2.25. The predicted octanol–water partition coefficient (Wildman–Crippen LogP) is 5.48. The van der Waals surface area contributed by atoms with Gasteiger partial charge < -0.3 is 28.4 Å². The van der Waals surface area contributed by atoms with E-state index in [0.717, 1.165) is 38.5 Å². The third-order valence-electron chi connectivity index (χ3n) is 7.36. The molecular formula is C33H44O10. The number of rotatable bonds is 21. The van der Waals surface area contributed by atoms with E-state index in [2.05, 4.69) is 13.2 Å². The topological polar surface area (TPSA) is 124 Å². The normalized spacial score (nSPS) is 22.4. The van der Waals surface area contributed by atoms with Gasteiger partial charge in [-0.05, 0) is 50.7 Å². The first kappa shape index (κ1) is 34.2. The van der Waals surface area contributed by atoms with Gasteiger partial charge in [-0.2, -0.15) is 0 Å². The molecule has 236 valence electrons. The van der Waals surface area contributed by atoms with Gasteiger partial charge in [-0.1, -0.05) is 37.1 Å².